The van der Waals surface area contributed by atoms with Crippen LogP contribution in [0.5, 0.6) is 0 Å². The third-order valence-electron chi connectivity index (χ3n) is 4.31. The Kier molecular flexibility index (Phi) is 11.0. The average Bonchev–Trinajstić information content (AvgIpc) is 3.33. The van der Waals surface area contributed by atoms with Crippen molar-refractivity contribution >= 4 is 29.9 Å². The van der Waals surface area contributed by atoms with E-state index in [4.69, 9.17) is 13.8 Å². The minimum Gasteiger partial charge on any atom is -0.371 e. The predicted molar refractivity (Wildman–Crippen MR) is 117 cm³/mol. The van der Waals surface area contributed by atoms with Gasteiger partial charge in [0.15, 0.2) is 17.5 Å². The van der Waals surface area contributed by atoms with Crippen molar-refractivity contribution in [3.63, 3.8) is 0 Å². The molecule has 0 bridgehead atoms. The average molecular weight is 506 g/mol. The summed E-state index contributed by atoms with van der Waals surface area (Å²) in [5.74, 6) is 2.81. The van der Waals surface area contributed by atoms with Crippen molar-refractivity contribution in [1.82, 2.24) is 25.9 Å². The van der Waals surface area contributed by atoms with Crippen LogP contribution in [0.3, 0.4) is 0 Å². The molecule has 2 heterocycles. The summed E-state index contributed by atoms with van der Waals surface area (Å²) in [6, 6.07) is 2.00. The summed E-state index contributed by atoms with van der Waals surface area (Å²) in [7, 11) is 1.70. The van der Waals surface area contributed by atoms with Crippen molar-refractivity contribution in [3.8, 4) is 0 Å². The zero-order valence-electron chi connectivity index (χ0n) is 17.2. The molecule has 1 atom stereocenters. The Balaban J connectivity index is 0.00000392. The summed E-state index contributed by atoms with van der Waals surface area (Å²) in [5, 5.41) is 14.4. The summed E-state index contributed by atoms with van der Waals surface area (Å²) in [6.45, 7) is 9.58. The van der Waals surface area contributed by atoms with E-state index in [9.17, 15) is 0 Å². The zero-order valence-corrected chi connectivity index (χ0v) is 19.5. The lowest BCUT2D eigenvalue weighted by Gasteiger charge is -2.08. The number of guanidine groups is 1. The van der Waals surface area contributed by atoms with Crippen molar-refractivity contribution in [1.29, 1.82) is 0 Å². The highest BCUT2D eigenvalue weighted by atomic mass is 127. The first-order chi connectivity index (χ1) is 13.1. The van der Waals surface area contributed by atoms with E-state index in [-0.39, 0.29) is 30.1 Å². The van der Waals surface area contributed by atoms with E-state index in [1.165, 1.54) is 0 Å². The fourth-order valence-corrected chi connectivity index (χ4v) is 2.69. The number of nitrogens with zero attached hydrogens (tertiary/aromatic N) is 4. The number of rotatable bonds is 10. The third-order valence-corrected chi connectivity index (χ3v) is 4.31. The van der Waals surface area contributed by atoms with Crippen LogP contribution in [0.25, 0.3) is 0 Å². The highest BCUT2D eigenvalue weighted by Crippen LogP contribution is 2.22. The first-order valence-corrected chi connectivity index (χ1v) is 9.45. The maximum atomic E-state index is 5.45. The number of halogens is 1. The number of nitrogens with one attached hydrogen (secondary N) is 2. The normalized spacial score (nSPS) is 12.7. The monoisotopic (exact) mass is 506 g/mol. The molecule has 1 unspecified atom stereocenters. The molecule has 0 aromatic carbocycles. The second kappa shape index (κ2) is 12.7. The van der Waals surface area contributed by atoms with Crippen molar-refractivity contribution < 1.29 is 13.8 Å². The van der Waals surface area contributed by atoms with E-state index in [1.807, 2.05) is 19.9 Å². The van der Waals surface area contributed by atoms with E-state index in [2.05, 4.69) is 44.8 Å². The molecule has 2 rings (SSSR count). The van der Waals surface area contributed by atoms with E-state index >= 15 is 0 Å². The van der Waals surface area contributed by atoms with E-state index in [1.54, 1.807) is 7.05 Å². The first kappa shape index (κ1) is 24.3. The molecule has 0 aliphatic rings. The molecule has 0 amide bonds. The largest absolute Gasteiger partial charge is 0.371 e. The minimum atomic E-state index is -0.194. The molecule has 2 N–H and O–H groups in total. The topological polar surface area (TPSA) is 111 Å². The molecule has 2 aromatic heterocycles. The second-order valence-electron chi connectivity index (χ2n) is 6.15. The summed E-state index contributed by atoms with van der Waals surface area (Å²) >= 11 is 0. The number of aliphatic imine (C=N–C) groups is 1. The van der Waals surface area contributed by atoms with Crippen molar-refractivity contribution in [3.05, 3.63) is 29.2 Å². The number of ether oxygens (including phenoxy) is 1. The lowest BCUT2D eigenvalue weighted by molar-refractivity contribution is 0.0683. The van der Waals surface area contributed by atoms with Crippen molar-refractivity contribution in [2.45, 2.75) is 65.6 Å². The molecule has 10 heteroatoms. The van der Waals surface area contributed by atoms with Crippen LogP contribution in [0.4, 0.5) is 0 Å². The van der Waals surface area contributed by atoms with Crippen LogP contribution in [0.1, 0.15) is 75.7 Å². The SMILES string of the molecule is CCOC(C)c1noc(CNC(=NC)NCc2cc(C(CC)CC)no2)n1.I. The summed E-state index contributed by atoms with van der Waals surface area (Å²) in [4.78, 5) is 8.50. The first-order valence-electron chi connectivity index (χ1n) is 9.45. The standard InChI is InChI=1S/C18H30N6O3.HI/c1-6-13(7-2)15-9-14(26-23-15)10-20-18(19-5)21-11-16-22-17(24-27-16)12(4)25-8-3;/h9,12-13H,6-8,10-11H2,1-5H3,(H2,19,20,21);1H. The van der Waals surface area contributed by atoms with Crippen LogP contribution in [-0.4, -0.2) is 34.9 Å². The minimum absolute atomic E-state index is 0. The summed E-state index contributed by atoms with van der Waals surface area (Å²) < 4.78 is 16.1. The van der Waals surface area contributed by atoms with Gasteiger partial charge in [-0.25, -0.2) is 0 Å². The van der Waals surface area contributed by atoms with Crippen LogP contribution >= 0.6 is 24.0 Å². The molecule has 9 nitrogen and oxygen atoms in total. The molecule has 28 heavy (non-hydrogen) atoms. The van der Waals surface area contributed by atoms with Crippen LogP contribution in [0.15, 0.2) is 20.1 Å². The molecule has 0 aliphatic carbocycles. The molecule has 158 valence electrons. The molecule has 0 saturated heterocycles. The van der Waals surface area contributed by atoms with E-state index < -0.39 is 0 Å². The van der Waals surface area contributed by atoms with Gasteiger partial charge >= 0.3 is 0 Å². The Morgan fingerprint density at radius 3 is 2.50 bits per heavy atom. The molecule has 0 spiro atoms. The van der Waals surface area contributed by atoms with Crippen molar-refractivity contribution in [2.24, 2.45) is 4.99 Å². The van der Waals surface area contributed by atoms with Crippen molar-refractivity contribution in [2.75, 3.05) is 13.7 Å². The van der Waals surface area contributed by atoms with Gasteiger partial charge in [-0.2, -0.15) is 4.98 Å². The Labute approximate surface area is 183 Å². The van der Waals surface area contributed by atoms with Gasteiger partial charge in [-0.1, -0.05) is 24.2 Å². The Bertz CT molecular complexity index is 714. The van der Waals surface area contributed by atoms with Crippen LogP contribution in [0.2, 0.25) is 0 Å². The van der Waals surface area contributed by atoms with Gasteiger partial charge in [0, 0.05) is 25.6 Å². The Morgan fingerprint density at radius 1 is 1.14 bits per heavy atom. The van der Waals surface area contributed by atoms with Gasteiger partial charge in [0.25, 0.3) is 0 Å². The summed E-state index contributed by atoms with van der Waals surface area (Å²) in [6.07, 6.45) is 1.90. The third kappa shape index (κ3) is 7.04. The Hall–Kier alpha value is -1.69. The van der Waals surface area contributed by atoms with E-state index in [0.29, 0.717) is 43.3 Å². The molecule has 2 aromatic rings. The number of hydrogen-bond donors (Lipinski definition) is 2. The molecule has 0 aliphatic heterocycles. The lowest BCUT2D eigenvalue weighted by atomic mass is 9.99. The molecule has 0 radical (unpaired) electrons. The lowest BCUT2D eigenvalue weighted by Crippen LogP contribution is -2.36. The van der Waals surface area contributed by atoms with Gasteiger partial charge in [0.1, 0.15) is 6.10 Å². The van der Waals surface area contributed by atoms with Gasteiger partial charge in [0.05, 0.1) is 18.8 Å². The molecular formula is C18H31IN6O3. The number of hydrogen-bond acceptors (Lipinski definition) is 7. The summed E-state index contributed by atoms with van der Waals surface area (Å²) in [5.41, 5.74) is 1.00. The molecule has 0 fully saturated rings. The van der Waals surface area contributed by atoms with Gasteiger partial charge in [-0.15, -0.1) is 24.0 Å². The quantitative estimate of drug-likeness (QED) is 0.286. The van der Waals surface area contributed by atoms with Gasteiger partial charge < -0.3 is 24.4 Å². The fraction of sp³-hybridized carbons (Fsp3) is 0.667. The maximum Gasteiger partial charge on any atom is 0.246 e. The fourth-order valence-electron chi connectivity index (χ4n) is 2.69. The Morgan fingerprint density at radius 2 is 1.86 bits per heavy atom. The molecular weight excluding hydrogens is 475 g/mol. The van der Waals surface area contributed by atoms with Gasteiger partial charge in [0.2, 0.25) is 5.89 Å². The number of aromatic nitrogens is 3. The maximum absolute atomic E-state index is 5.45. The van der Waals surface area contributed by atoms with Crippen LogP contribution < -0.4 is 10.6 Å². The van der Waals surface area contributed by atoms with Crippen LogP contribution in [0, 0.1) is 0 Å². The highest BCUT2D eigenvalue weighted by Gasteiger charge is 2.15. The van der Waals surface area contributed by atoms with Gasteiger partial charge in [-0.3, -0.25) is 4.99 Å². The molecule has 0 saturated carbocycles. The van der Waals surface area contributed by atoms with Crippen LogP contribution in [-0.2, 0) is 17.8 Å². The van der Waals surface area contributed by atoms with Gasteiger partial charge in [-0.05, 0) is 26.7 Å². The highest BCUT2D eigenvalue weighted by molar-refractivity contribution is 14.0. The smallest absolute Gasteiger partial charge is 0.246 e. The second-order valence-corrected chi connectivity index (χ2v) is 6.15. The zero-order chi connectivity index (χ0) is 19.6. The van der Waals surface area contributed by atoms with E-state index in [0.717, 1.165) is 24.3 Å². The predicted octanol–water partition coefficient (Wildman–Crippen LogP) is 3.54.